The molecule has 0 saturated carbocycles. The molecule has 0 fully saturated rings. The van der Waals surface area contributed by atoms with Crippen molar-refractivity contribution in [2.24, 2.45) is 0 Å². The molecule has 3 N–H and O–H groups in total. The van der Waals surface area contributed by atoms with Gasteiger partial charge in [0.25, 0.3) is 0 Å². The Labute approximate surface area is 181 Å². The summed E-state index contributed by atoms with van der Waals surface area (Å²) in [5.41, 5.74) is 3.45. The fourth-order valence-corrected chi connectivity index (χ4v) is 4.00. The first-order chi connectivity index (χ1) is 15.1. The normalized spacial score (nSPS) is 15.1. The molecular formula is C23H29N5O3. The summed E-state index contributed by atoms with van der Waals surface area (Å²) in [6.45, 7) is 3.78. The lowest BCUT2D eigenvalue weighted by Gasteiger charge is -2.30. The van der Waals surface area contributed by atoms with Gasteiger partial charge in [-0.15, -0.1) is 0 Å². The topological polar surface area (TPSA) is 97.5 Å². The number of H-pyrrole nitrogens is 2. The lowest BCUT2D eigenvalue weighted by atomic mass is 10.00. The number of aromatic amines is 2. The van der Waals surface area contributed by atoms with Crippen molar-refractivity contribution in [3.05, 3.63) is 81.5 Å². The van der Waals surface area contributed by atoms with Crippen molar-refractivity contribution in [1.82, 2.24) is 25.0 Å². The number of para-hydroxylation sites is 1. The van der Waals surface area contributed by atoms with Crippen LogP contribution in [0, 0.1) is 0 Å². The Morgan fingerprint density at radius 2 is 1.94 bits per heavy atom. The maximum atomic E-state index is 11.2. The summed E-state index contributed by atoms with van der Waals surface area (Å²) >= 11 is 0. The molecule has 2 heterocycles. The average molecular weight is 424 g/mol. The largest absolute Gasteiger partial charge is 0.491 e. The van der Waals surface area contributed by atoms with Crippen LogP contribution in [0.2, 0.25) is 0 Å². The van der Waals surface area contributed by atoms with Crippen molar-refractivity contribution in [2.45, 2.75) is 32.2 Å². The molecule has 0 bridgehead atoms. The second-order valence-corrected chi connectivity index (χ2v) is 8.12. The number of hydrogen-bond donors (Lipinski definition) is 3. The molecule has 1 aliphatic heterocycles. The van der Waals surface area contributed by atoms with Gasteiger partial charge in [0.1, 0.15) is 24.3 Å². The van der Waals surface area contributed by atoms with Crippen LogP contribution in [0.5, 0.6) is 5.75 Å². The Balaban J connectivity index is 1.29. The van der Waals surface area contributed by atoms with Gasteiger partial charge in [0.05, 0.1) is 6.54 Å². The molecule has 0 spiro atoms. The van der Waals surface area contributed by atoms with E-state index in [-0.39, 0.29) is 12.3 Å². The van der Waals surface area contributed by atoms with Crippen LogP contribution in [0.4, 0.5) is 0 Å². The van der Waals surface area contributed by atoms with E-state index >= 15 is 0 Å². The average Bonchev–Trinajstić information content (AvgIpc) is 3.17. The van der Waals surface area contributed by atoms with Crippen LogP contribution in [0.25, 0.3) is 0 Å². The predicted octanol–water partition coefficient (Wildman–Crippen LogP) is 1.53. The molecule has 1 aliphatic rings. The maximum absolute atomic E-state index is 11.2. The van der Waals surface area contributed by atoms with Crippen molar-refractivity contribution in [3.63, 3.8) is 0 Å². The number of ether oxygens (including phenoxy) is 1. The molecule has 0 aliphatic carbocycles. The van der Waals surface area contributed by atoms with E-state index in [1.54, 1.807) is 0 Å². The van der Waals surface area contributed by atoms with Crippen molar-refractivity contribution in [3.8, 4) is 5.75 Å². The summed E-state index contributed by atoms with van der Waals surface area (Å²) < 4.78 is 5.98. The minimum atomic E-state index is -0.565. The van der Waals surface area contributed by atoms with Crippen molar-refractivity contribution in [2.75, 3.05) is 26.7 Å². The lowest BCUT2D eigenvalue weighted by molar-refractivity contribution is 0.0632. The molecule has 0 amide bonds. The molecular weight excluding hydrogens is 394 g/mol. The number of nitrogens with one attached hydrogen (secondary N) is 2. The minimum absolute atomic E-state index is 0.242. The zero-order valence-electron chi connectivity index (χ0n) is 17.8. The molecule has 8 nitrogen and oxygen atoms in total. The molecule has 164 valence electrons. The van der Waals surface area contributed by atoms with E-state index in [0.29, 0.717) is 25.5 Å². The van der Waals surface area contributed by atoms with Gasteiger partial charge in [0, 0.05) is 31.7 Å². The summed E-state index contributed by atoms with van der Waals surface area (Å²) in [5.74, 6) is 1.34. The highest BCUT2D eigenvalue weighted by Crippen LogP contribution is 2.21. The summed E-state index contributed by atoms with van der Waals surface area (Å²) in [6.07, 6.45) is 0.449. The highest BCUT2D eigenvalue weighted by atomic mass is 16.5. The quantitative estimate of drug-likeness (QED) is 0.483. The molecule has 31 heavy (non-hydrogen) atoms. The van der Waals surface area contributed by atoms with E-state index in [2.05, 4.69) is 44.3 Å². The van der Waals surface area contributed by atoms with Crippen molar-refractivity contribution >= 4 is 0 Å². The van der Waals surface area contributed by atoms with E-state index in [1.807, 2.05) is 36.2 Å². The van der Waals surface area contributed by atoms with Gasteiger partial charge in [0.15, 0.2) is 0 Å². The first-order valence-electron chi connectivity index (χ1n) is 10.6. The van der Waals surface area contributed by atoms with Gasteiger partial charge in [-0.2, -0.15) is 5.10 Å². The molecule has 2 aromatic carbocycles. The number of aromatic nitrogens is 3. The number of aliphatic hydroxyl groups is 1. The number of aliphatic hydroxyl groups excluding tert-OH is 1. The van der Waals surface area contributed by atoms with E-state index in [9.17, 15) is 9.90 Å². The second-order valence-electron chi connectivity index (χ2n) is 8.12. The van der Waals surface area contributed by atoms with E-state index in [1.165, 1.54) is 11.1 Å². The number of β-amino-alcohol motifs (C(OH)–C–C–N with tert-alkyl or cyclic N) is 1. The third-order valence-electron chi connectivity index (χ3n) is 5.49. The van der Waals surface area contributed by atoms with Gasteiger partial charge >= 0.3 is 5.69 Å². The number of nitrogens with zero attached hydrogens (tertiary/aromatic N) is 3. The standard InChI is InChI=1S/C23H29N5O3/c1-27(15-22-24-23(30)26-25-22)12-19-8-4-5-9-21(19)31-16-20(29)14-28-11-10-17-6-2-3-7-18(17)13-28/h2-9,20,29H,10-16H2,1H3,(H2,24,25,26,30). The molecule has 1 atom stereocenters. The molecule has 8 heteroatoms. The van der Waals surface area contributed by atoms with Gasteiger partial charge < -0.3 is 9.84 Å². The Morgan fingerprint density at radius 1 is 1.16 bits per heavy atom. The first kappa shape index (κ1) is 21.3. The maximum Gasteiger partial charge on any atom is 0.340 e. The molecule has 0 radical (unpaired) electrons. The molecule has 4 rings (SSSR count). The fourth-order valence-electron chi connectivity index (χ4n) is 4.00. The predicted molar refractivity (Wildman–Crippen MR) is 118 cm³/mol. The van der Waals surface area contributed by atoms with Gasteiger partial charge in [-0.25, -0.2) is 9.89 Å². The van der Waals surface area contributed by atoms with Crippen LogP contribution in [0.3, 0.4) is 0 Å². The molecule has 1 unspecified atom stereocenters. The highest BCUT2D eigenvalue weighted by Gasteiger charge is 2.19. The fraction of sp³-hybridized carbons (Fsp3) is 0.391. The Kier molecular flexibility index (Phi) is 6.81. The second kappa shape index (κ2) is 9.91. The minimum Gasteiger partial charge on any atom is -0.491 e. The van der Waals surface area contributed by atoms with Crippen LogP contribution in [0.15, 0.2) is 53.3 Å². The summed E-state index contributed by atoms with van der Waals surface area (Å²) in [4.78, 5) is 18.2. The molecule has 0 saturated heterocycles. The van der Waals surface area contributed by atoms with Crippen LogP contribution in [-0.4, -0.2) is 62.9 Å². The number of rotatable bonds is 9. The van der Waals surface area contributed by atoms with Crippen LogP contribution in [0.1, 0.15) is 22.5 Å². The zero-order chi connectivity index (χ0) is 21.6. The van der Waals surface area contributed by atoms with E-state index in [0.717, 1.165) is 30.8 Å². The van der Waals surface area contributed by atoms with Crippen LogP contribution < -0.4 is 10.4 Å². The SMILES string of the molecule is CN(Cc1n[nH]c(=O)[nH]1)Cc1ccccc1OCC(O)CN1CCc2ccccc2C1. The van der Waals surface area contributed by atoms with E-state index in [4.69, 9.17) is 4.74 Å². The van der Waals surface area contributed by atoms with Crippen LogP contribution >= 0.6 is 0 Å². The lowest BCUT2D eigenvalue weighted by Crippen LogP contribution is -2.38. The Morgan fingerprint density at radius 3 is 2.74 bits per heavy atom. The number of benzene rings is 2. The van der Waals surface area contributed by atoms with Crippen LogP contribution in [-0.2, 0) is 26.1 Å². The zero-order valence-corrected chi connectivity index (χ0v) is 17.8. The third kappa shape index (κ3) is 5.81. The molecule has 1 aromatic heterocycles. The molecule has 3 aromatic rings. The monoisotopic (exact) mass is 423 g/mol. The van der Waals surface area contributed by atoms with Gasteiger partial charge in [-0.1, -0.05) is 42.5 Å². The summed E-state index contributed by atoms with van der Waals surface area (Å²) in [6, 6.07) is 16.3. The van der Waals surface area contributed by atoms with Gasteiger partial charge in [0.2, 0.25) is 0 Å². The first-order valence-corrected chi connectivity index (χ1v) is 10.6. The summed E-state index contributed by atoms with van der Waals surface area (Å²) in [5, 5.41) is 16.9. The summed E-state index contributed by atoms with van der Waals surface area (Å²) in [7, 11) is 1.95. The number of hydrogen-bond acceptors (Lipinski definition) is 6. The Bertz CT molecular complexity index is 1050. The van der Waals surface area contributed by atoms with E-state index < -0.39 is 6.10 Å². The van der Waals surface area contributed by atoms with Crippen molar-refractivity contribution in [1.29, 1.82) is 0 Å². The third-order valence-corrected chi connectivity index (χ3v) is 5.49. The highest BCUT2D eigenvalue weighted by molar-refractivity contribution is 5.33. The van der Waals surface area contributed by atoms with Gasteiger partial charge in [-0.3, -0.25) is 14.8 Å². The van der Waals surface area contributed by atoms with Gasteiger partial charge in [-0.05, 0) is 30.7 Å². The van der Waals surface area contributed by atoms with Crippen molar-refractivity contribution < 1.29 is 9.84 Å². The smallest absolute Gasteiger partial charge is 0.340 e. The number of fused-ring (bicyclic) bond motifs is 1. The Hall–Kier alpha value is -2.94.